The fourth-order valence-corrected chi connectivity index (χ4v) is 2.04. The van der Waals surface area contributed by atoms with Gasteiger partial charge in [0.2, 0.25) is 0 Å². The van der Waals surface area contributed by atoms with Crippen LogP contribution >= 0.6 is 34.8 Å². The van der Waals surface area contributed by atoms with E-state index in [1.807, 2.05) is 12.1 Å². The van der Waals surface area contributed by atoms with Crippen molar-refractivity contribution in [2.24, 2.45) is 5.92 Å². The van der Waals surface area contributed by atoms with E-state index in [1.165, 1.54) is 12.8 Å². The molecule has 70 valence electrons. The molecule has 1 aliphatic carbocycles. The van der Waals surface area contributed by atoms with Gasteiger partial charge in [-0.1, -0.05) is 29.3 Å². The van der Waals surface area contributed by atoms with Crippen LogP contribution in [0.4, 0.5) is 0 Å². The smallest absolute Gasteiger partial charge is 0.0613 e. The summed E-state index contributed by atoms with van der Waals surface area (Å²) in [4.78, 5) is 0. The molecule has 1 atom stereocenters. The summed E-state index contributed by atoms with van der Waals surface area (Å²) < 4.78 is 0. The zero-order valence-corrected chi connectivity index (χ0v) is 9.20. The van der Waals surface area contributed by atoms with Crippen molar-refractivity contribution in [1.29, 1.82) is 0 Å². The Morgan fingerprint density at radius 3 is 2.38 bits per heavy atom. The number of halogens is 3. The predicted octanol–water partition coefficient (Wildman–Crippen LogP) is 4.68. The molecule has 1 unspecified atom stereocenters. The number of alkyl halides is 1. The predicted molar refractivity (Wildman–Crippen MR) is 57.8 cm³/mol. The van der Waals surface area contributed by atoms with E-state index in [9.17, 15) is 0 Å². The average Bonchev–Trinajstić information content (AvgIpc) is 2.91. The van der Waals surface area contributed by atoms with E-state index in [1.54, 1.807) is 6.07 Å². The maximum atomic E-state index is 6.23. The Balaban J connectivity index is 2.24. The van der Waals surface area contributed by atoms with Gasteiger partial charge in [0.1, 0.15) is 0 Å². The van der Waals surface area contributed by atoms with Crippen LogP contribution in [0.1, 0.15) is 23.8 Å². The van der Waals surface area contributed by atoms with Crippen molar-refractivity contribution in [2.75, 3.05) is 0 Å². The topological polar surface area (TPSA) is 0 Å². The molecule has 0 aliphatic heterocycles. The molecular formula is C10H9Cl3. The minimum Gasteiger partial charge on any atom is -0.118 e. The van der Waals surface area contributed by atoms with Gasteiger partial charge in [0.15, 0.2) is 0 Å². The lowest BCUT2D eigenvalue weighted by Crippen LogP contribution is -1.91. The zero-order chi connectivity index (χ0) is 9.42. The first kappa shape index (κ1) is 9.64. The van der Waals surface area contributed by atoms with Gasteiger partial charge in [0, 0.05) is 0 Å². The maximum absolute atomic E-state index is 6.23. The van der Waals surface area contributed by atoms with E-state index in [0.29, 0.717) is 16.0 Å². The Kier molecular flexibility index (Phi) is 2.73. The molecule has 0 nitrogen and oxygen atoms in total. The number of hydrogen-bond donors (Lipinski definition) is 0. The van der Waals surface area contributed by atoms with Crippen molar-refractivity contribution in [3.05, 3.63) is 33.8 Å². The van der Waals surface area contributed by atoms with E-state index in [0.717, 1.165) is 5.56 Å². The van der Waals surface area contributed by atoms with Crippen LogP contribution < -0.4 is 0 Å². The van der Waals surface area contributed by atoms with E-state index in [4.69, 9.17) is 34.8 Å². The largest absolute Gasteiger partial charge is 0.118 e. The molecule has 13 heavy (non-hydrogen) atoms. The first-order valence-corrected chi connectivity index (χ1v) is 5.47. The number of rotatable bonds is 2. The summed E-state index contributed by atoms with van der Waals surface area (Å²) in [5.41, 5.74) is 1.08. The molecule has 1 fully saturated rings. The highest BCUT2D eigenvalue weighted by Crippen LogP contribution is 2.45. The van der Waals surface area contributed by atoms with Gasteiger partial charge < -0.3 is 0 Å². The molecule has 1 aromatic rings. The molecule has 0 radical (unpaired) electrons. The molecular weight excluding hydrogens is 226 g/mol. The van der Waals surface area contributed by atoms with Gasteiger partial charge in [-0.15, -0.1) is 11.6 Å². The minimum atomic E-state index is 0.106. The SMILES string of the molecule is Clc1ccc(C(Cl)C2CC2)cc1Cl. The molecule has 0 bridgehead atoms. The molecule has 3 heteroatoms. The Bertz CT molecular complexity index is 318. The first-order valence-electron chi connectivity index (χ1n) is 4.27. The van der Waals surface area contributed by atoms with Gasteiger partial charge in [-0.2, -0.15) is 0 Å². The normalized spacial score (nSPS) is 18.7. The summed E-state index contributed by atoms with van der Waals surface area (Å²) in [6.45, 7) is 0. The maximum Gasteiger partial charge on any atom is 0.0613 e. The van der Waals surface area contributed by atoms with Gasteiger partial charge in [0.05, 0.1) is 15.4 Å². The van der Waals surface area contributed by atoms with E-state index in [-0.39, 0.29) is 5.38 Å². The van der Waals surface area contributed by atoms with Crippen molar-refractivity contribution in [3.63, 3.8) is 0 Å². The third-order valence-electron chi connectivity index (χ3n) is 2.30. The van der Waals surface area contributed by atoms with Crippen molar-refractivity contribution < 1.29 is 0 Å². The molecule has 1 aliphatic rings. The molecule has 2 rings (SSSR count). The van der Waals surface area contributed by atoms with Crippen LogP contribution in [-0.4, -0.2) is 0 Å². The lowest BCUT2D eigenvalue weighted by Gasteiger charge is -2.08. The monoisotopic (exact) mass is 234 g/mol. The van der Waals surface area contributed by atoms with Gasteiger partial charge in [-0.05, 0) is 36.5 Å². The second kappa shape index (κ2) is 3.68. The van der Waals surface area contributed by atoms with Crippen LogP contribution in [0.2, 0.25) is 10.0 Å². The molecule has 0 amide bonds. The lowest BCUT2D eigenvalue weighted by atomic mass is 10.1. The van der Waals surface area contributed by atoms with Crippen molar-refractivity contribution in [3.8, 4) is 0 Å². The molecule has 0 N–H and O–H groups in total. The summed E-state index contributed by atoms with van der Waals surface area (Å²) in [5.74, 6) is 0.638. The lowest BCUT2D eigenvalue weighted by molar-refractivity contribution is 0.798. The molecule has 0 saturated heterocycles. The summed E-state index contributed by atoms with van der Waals surface area (Å²) in [6.07, 6.45) is 2.46. The van der Waals surface area contributed by atoms with Crippen molar-refractivity contribution >= 4 is 34.8 Å². The summed E-state index contributed by atoms with van der Waals surface area (Å²) >= 11 is 17.9. The number of benzene rings is 1. The van der Waals surface area contributed by atoms with Crippen LogP contribution in [0.15, 0.2) is 18.2 Å². The van der Waals surface area contributed by atoms with E-state index in [2.05, 4.69) is 0 Å². The van der Waals surface area contributed by atoms with Crippen molar-refractivity contribution in [2.45, 2.75) is 18.2 Å². The van der Waals surface area contributed by atoms with Gasteiger partial charge in [-0.25, -0.2) is 0 Å². The fraction of sp³-hybridized carbons (Fsp3) is 0.400. The summed E-state index contributed by atoms with van der Waals surface area (Å²) in [6, 6.07) is 5.61. The minimum absolute atomic E-state index is 0.106. The van der Waals surface area contributed by atoms with Crippen LogP contribution in [0.25, 0.3) is 0 Å². The Morgan fingerprint density at radius 1 is 1.15 bits per heavy atom. The average molecular weight is 236 g/mol. The van der Waals surface area contributed by atoms with Crippen LogP contribution in [0.5, 0.6) is 0 Å². The van der Waals surface area contributed by atoms with Gasteiger partial charge >= 0.3 is 0 Å². The highest BCUT2D eigenvalue weighted by Gasteiger charge is 2.30. The Hall–Kier alpha value is 0.0900. The van der Waals surface area contributed by atoms with Crippen LogP contribution in [0.3, 0.4) is 0 Å². The molecule has 0 spiro atoms. The van der Waals surface area contributed by atoms with Gasteiger partial charge in [-0.3, -0.25) is 0 Å². The van der Waals surface area contributed by atoms with Crippen molar-refractivity contribution in [1.82, 2.24) is 0 Å². The fourth-order valence-electron chi connectivity index (χ4n) is 1.34. The quantitative estimate of drug-likeness (QED) is 0.653. The van der Waals surface area contributed by atoms with E-state index < -0.39 is 0 Å². The molecule has 0 heterocycles. The molecule has 1 saturated carbocycles. The zero-order valence-electron chi connectivity index (χ0n) is 6.93. The summed E-state index contributed by atoms with van der Waals surface area (Å²) in [7, 11) is 0. The Labute approximate surface area is 92.8 Å². The second-order valence-electron chi connectivity index (χ2n) is 3.41. The number of hydrogen-bond acceptors (Lipinski definition) is 0. The summed E-state index contributed by atoms with van der Waals surface area (Å²) in [5, 5.41) is 1.28. The van der Waals surface area contributed by atoms with Crippen LogP contribution in [-0.2, 0) is 0 Å². The van der Waals surface area contributed by atoms with Crippen LogP contribution in [0, 0.1) is 5.92 Å². The standard InChI is InChI=1S/C10H9Cl3/c11-8-4-3-7(5-9(8)12)10(13)6-1-2-6/h3-6,10H,1-2H2. The van der Waals surface area contributed by atoms with E-state index >= 15 is 0 Å². The first-order chi connectivity index (χ1) is 6.18. The second-order valence-corrected chi connectivity index (χ2v) is 4.70. The highest BCUT2D eigenvalue weighted by molar-refractivity contribution is 6.42. The highest BCUT2D eigenvalue weighted by atomic mass is 35.5. The third kappa shape index (κ3) is 2.12. The third-order valence-corrected chi connectivity index (χ3v) is 3.65. The molecule has 1 aromatic carbocycles. The molecule has 0 aromatic heterocycles. The van der Waals surface area contributed by atoms with Gasteiger partial charge in [0.25, 0.3) is 0 Å². The Morgan fingerprint density at radius 2 is 1.85 bits per heavy atom.